The van der Waals surface area contributed by atoms with Gasteiger partial charge in [0, 0.05) is 56.0 Å². The number of anilines is 3. The van der Waals surface area contributed by atoms with Crippen LogP contribution in [0.25, 0.3) is 22.3 Å². The average Bonchev–Trinajstić information content (AvgIpc) is 3.23. The van der Waals surface area contributed by atoms with Crippen LogP contribution in [0, 0.1) is 5.82 Å². The van der Waals surface area contributed by atoms with E-state index in [1.54, 1.807) is 41.8 Å². The predicted octanol–water partition coefficient (Wildman–Crippen LogP) is 5.42. The Bertz CT molecular complexity index is 1660. The molecular formula is C30H33ClFN7O3. The van der Waals surface area contributed by atoms with Gasteiger partial charge in [0.1, 0.15) is 16.9 Å². The number of hydrogen-bond acceptors (Lipinski definition) is 7. The fourth-order valence-electron chi connectivity index (χ4n) is 5.14. The minimum atomic E-state index is -1.27. The van der Waals surface area contributed by atoms with E-state index in [4.69, 9.17) is 11.6 Å². The first-order valence-electron chi connectivity index (χ1n) is 13.7. The molecule has 2 N–H and O–H groups in total. The Morgan fingerprint density at radius 3 is 2.48 bits per heavy atom. The van der Waals surface area contributed by atoms with Crippen LogP contribution in [0.4, 0.5) is 21.7 Å². The highest BCUT2D eigenvalue weighted by Crippen LogP contribution is 2.35. The zero-order valence-electron chi connectivity index (χ0n) is 24.2. The van der Waals surface area contributed by atoms with Crippen molar-refractivity contribution >= 4 is 51.8 Å². The molecule has 42 heavy (non-hydrogen) atoms. The number of aliphatic hydroxyl groups is 1. The van der Waals surface area contributed by atoms with Gasteiger partial charge in [-0.1, -0.05) is 11.6 Å². The van der Waals surface area contributed by atoms with Crippen LogP contribution < -0.4 is 10.2 Å². The van der Waals surface area contributed by atoms with E-state index in [0.717, 1.165) is 5.69 Å². The maximum absolute atomic E-state index is 15.4. The van der Waals surface area contributed by atoms with Crippen molar-refractivity contribution in [1.82, 2.24) is 24.4 Å². The third kappa shape index (κ3) is 5.79. The van der Waals surface area contributed by atoms with Gasteiger partial charge in [-0.3, -0.25) is 9.59 Å². The number of rotatable bonds is 6. The van der Waals surface area contributed by atoms with Gasteiger partial charge in [-0.25, -0.2) is 19.3 Å². The number of halogens is 2. The second kappa shape index (κ2) is 11.3. The zero-order chi connectivity index (χ0) is 30.3. The number of nitrogens with one attached hydrogen (secondary N) is 1. The molecule has 12 heteroatoms. The summed E-state index contributed by atoms with van der Waals surface area (Å²) >= 11 is 6.48. The van der Waals surface area contributed by atoms with Gasteiger partial charge >= 0.3 is 0 Å². The van der Waals surface area contributed by atoms with Crippen molar-refractivity contribution in [2.45, 2.75) is 52.7 Å². The fraction of sp³-hybridized carbons (Fsp3) is 0.367. The van der Waals surface area contributed by atoms with Crippen LogP contribution in [-0.4, -0.2) is 61.0 Å². The first-order chi connectivity index (χ1) is 19.8. The highest BCUT2D eigenvalue weighted by Gasteiger charge is 2.28. The lowest BCUT2D eigenvalue weighted by Gasteiger charge is -2.22. The molecule has 0 spiro atoms. The normalized spacial score (nSPS) is 14.5. The molecule has 0 unspecified atom stereocenters. The molecular weight excluding hydrogens is 561 g/mol. The monoisotopic (exact) mass is 593 g/mol. The molecule has 10 nitrogen and oxygen atoms in total. The summed E-state index contributed by atoms with van der Waals surface area (Å²) < 4.78 is 17.2. The zero-order valence-corrected chi connectivity index (χ0v) is 24.9. The summed E-state index contributed by atoms with van der Waals surface area (Å²) in [4.78, 5) is 41.1. The molecule has 220 valence electrons. The first-order valence-corrected chi connectivity index (χ1v) is 14.1. The Kier molecular flexibility index (Phi) is 7.91. The number of aromatic nitrogens is 4. The second-order valence-corrected chi connectivity index (χ2v) is 11.6. The SMILES string of the molecule is CC(=O)N1CCC(=O)N(c2ccc(Nc3ncc(Cl)c(-c4cc(F)c5nc(C(C)(C)O)n(C(C)C)c5c4)n3)cc2)CC1. The van der Waals surface area contributed by atoms with Crippen LogP contribution >= 0.6 is 11.6 Å². The molecule has 4 aromatic rings. The van der Waals surface area contributed by atoms with Gasteiger partial charge < -0.3 is 24.8 Å². The number of imidazole rings is 1. The number of fused-ring (bicyclic) bond motifs is 1. The minimum absolute atomic E-state index is 0.0391. The summed E-state index contributed by atoms with van der Waals surface area (Å²) in [6.45, 7) is 9.93. The van der Waals surface area contributed by atoms with Crippen LogP contribution in [0.2, 0.25) is 5.02 Å². The summed E-state index contributed by atoms with van der Waals surface area (Å²) in [6.07, 6.45) is 1.71. The van der Waals surface area contributed by atoms with E-state index >= 15 is 4.39 Å². The van der Waals surface area contributed by atoms with Gasteiger partial charge in [0.25, 0.3) is 0 Å². The molecule has 0 radical (unpaired) electrons. The van der Waals surface area contributed by atoms with E-state index in [1.807, 2.05) is 30.5 Å². The van der Waals surface area contributed by atoms with E-state index in [1.165, 1.54) is 19.2 Å². The Labute approximate surface area is 248 Å². The van der Waals surface area contributed by atoms with Crippen LogP contribution in [0.1, 0.15) is 52.9 Å². The highest BCUT2D eigenvalue weighted by atomic mass is 35.5. The Hall–Kier alpha value is -4.09. The van der Waals surface area contributed by atoms with Crippen molar-refractivity contribution in [1.29, 1.82) is 0 Å². The summed E-state index contributed by atoms with van der Waals surface area (Å²) in [7, 11) is 0. The highest BCUT2D eigenvalue weighted by molar-refractivity contribution is 6.33. The van der Waals surface area contributed by atoms with Crippen LogP contribution in [0.15, 0.2) is 42.6 Å². The van der Waals surface area contributed by atoms with Gasteiger partial charge in [-0.15, -0.1) is 0 Å². The van der Waals surface area contributed by atoms with E-state index in [0.29, 0.717) is 47.9 Å². The lowest BCUT2D eigenvalue weighted by atomic mass is 10.1. The Morgan fingerprint density at radius 2 is 1.83 bits per heavy atom. The largest absolute Gasteiger partial charge is 0.383 e. The Balaban J connectivity index is 1.42. The molecule has 0 atom stereocenters. The summed E-state index contributed by atoms with van der Waals surface area (Å²) in [5.41, 5.74) is 1.58. The lowest BCUT2D eigenvalue weighted by Crippen LogP contribution is -2.34. The van der Waals surface area contributed by atoms with E-state index < -0.39 is 11.4 Å². The maximum atomic E-state index is 15.4. The van der Waals surface area contributed by atoms with Gasteiger partial charge in [0.05, 0.1) is 22.4 Å². The number of nitrogens with zero attached hydrogens (tertiary/aromatic N) is 6. The molecule has 1 aliphatic rings. The number of carbonyl (C=O) groups is 2. The standard InChI is InChI=1S/C30H33ClFN7O3/c1-17(2)39-24-15-19(14-23(32)27(24)35-28(39)30(4,5)42)26-22(31)16-33-29(36-26)34-20-6-8-21(9-7-20)38-13-12-37(18(3)40)11-10-25(38)41/h6-9,14-17,42H,10-13H2,1-5H3,(H,33,34,36). The quantitative estimate of drug-likeness (QED) is 0.306. The minimum Gasteiger partial charge on any atom is -0.383 e. The maximum Gasteiger partial charge on any atom is 0.228 e. The van der Waals surface area contributed by atoms with Gasteiger partial charge in [0.15, 0.2) is 5.82 Å². The van der Waals surface area contributed by atoms with E-state index in [-0.39, 0.29) is 40.8 Å². The van der Waals surface area contributed by atoms with E-state index in [9.17, 15) is 14.7 Å². The predicted molar refractivity (Wildman–Crippen MR) is 160 cm³/mol. The van der Waals surface area contributed by atoms with Gasteiger partial charge in [-0.2, -0.15) is 0 Å². The number of hydrogen-bond donors (Lipinski definition) is 2. The molecule has 1 fully saturated rings. The number of carbonyl (C=O) groups excluding carboxylic acids is 2. The fourth-order valence-corrected chi connectivity index (χ4v) is 5.34. The molecule has 2 aromatic carbocycles. The molecule has 0 aliphatic carbocycles. The number of benzene rings is 2. The third-order valence-electron chi connectivity index (χ3n) is 7.20. The van der Waals surface area contributed by atoms with Crippen molar-refractivity contribution in [3.63, 3.8) is 0 Å². The van der Waals surface area contributed by atoms with Crippen molar-refractivity contribution in [2.75, 3.05) is 29.9 Å². The molecule has 2 amide bonds. The van der Waals surface area contributed by atoms with Crippen molar-refractivity contribution in [2.24, 2.45) is 0 Å². The molecule has 1 aliphatic heterocycles. The molecule has 2 aromatic heterocycles. The van der Waals surface area contributed by atoms with Crippen molar-refractivity contribution in [3.8, 4) is 11.3 Å². The first kappa shape index (κ1) is 29.4. The number of amides is 2. The second-order valence-electron chi connectivity index (χ2n) is 11.1. The lowest BCUT2D eigenvalue weighted by molar-refractivity contribution is -0.128. The smallest absolute Gasteiger partial charge is 0.228 e. The summed E-state index contributed by atoms with van der Waals surface area (Å²) in [5.74, 6) is -0.0237. The van der Waals surface area contributed by atoms with Crippen molar-refractivity contribution < 1.29 is 19.1 Å². The molecule has 0 saturated carbocycles. The van der Waals surface area contributed by atoms with Crippen LogP contribution in [0.5, 0.6) is 0 Å². The average molecular weight is 594 g/mol. The summed E-state index contributed by atoms with van der Waals surface area (Å²) in [6, 6.07) is 10.2. The summed E-state index contributed by atoms with van der Waals surface area (Å²) in [5, 5.41) is 14.1. The van der Waals surface area contributed by atoms with Crippen molar-refractivity contribution in [3.05, 3.63) is 59.3 Å². The Morgan fingerprint density at radius 1 is 1.12 bits per heavy atom. The molecule has 3 heterocycles. The van der Waals surface area contributed by atoms with Crippen LogP contribution in [0.3, 0.4) is 0 Å². The third-order valence-corrected chi connectivity index (χ3v) is 7.48. The molecule has 5 rings (SSSR count). The van der Waals surface area contributed by atoms with Crippen LogP contribution in [-0.2, 0) is 15.2 Å². The van der Waals surface area contributed by atoms with Gasteiger partial charge in [-0.05, 0) is 64.1 Å². The molecule has 1 saturated heterocycles. The topological polar surface area (TPSA) is 116 Å². The van der Waals surface area contributed by atoms with Gasteiger partial charge in [0.2, 0.25) is 17.8 Å². The van der Waals surface area contributed by atoms with E-state index in [2.05, 4.69) is 20.3 Å². The molecule has 0 bridgehead atoms.